The number of H-pyrrole nitrogens is 1. The van der Waals surface area contributed by atoms with Gasteiger partial charge < -0.3 is 14.3 Å². The van der Waals surface area contributed by atoms with Crippen LogP contribution in [0.25, 0.3) is 0 Å². The molecule has 1 aliphatic heterocycles. The quantitative estimate of drug-likeness (QED) is 0.823. The molecule has 2 rings (SSSR count). The number of aromatic amines is 1. The summed E-state index contributed by atoms with van der Waals surface area (Å²) in [6.45, 7) is 7.26. The van der Waals surface area contributed by atoms with E-state index >= 15 is 0 Å². The van der Waals surface area contributed by atoms with E-state index in [0.717, 1.165) is 37.4 Å². The Balaban J connectivity index is 2.13. The summed E-state index contributed by atoms with van der Waals surface area (Å²) in [5.41, 5.74) is 1.32. The third-order valence-corrected chi connectivity index (χ3v) is 3.61. The molecule has 0 bridgehead atoms. The molecule has 0 amide bonds. The fourth-order valence-corrected chi connectivity index (χ4v) is 2.50. The maximum absolute atomic E-state index is 5.38. The van der Waals surface area contributed by atoms with E-state index in [0.29, 0.717) is 11.8 Å². The van der Waals surface area contributed by atoms with Crippen molar-refractivity contribution in [2.75, 3.05) is 13.2 Å². The van der Waals surface area contributed by atoms with E-state index in [1.807, 2.05) is 6.20 Å². The number of rotatable bonds is 3. The molecular weight excluding hydrogens is 220 g/mol. The molecular formula is C12H20N2OS. The number of nitrogens with one attached hydrogen (secondary N) is 1. The second kappa shape index (κ2) is 5.15. The van der Waals surface area contributed by atoms with Gasteiger partial charge in [0.25, 0.3) is 0 Å². The lowest BCUT2D eigenvalue weighted by Gasteiger charge is -2.23. The third-order valence-electron chi connectivity index (χ3n) is 3.27. The molecule has 3 nitrogen and oxygen atoms in total. The molecule has 0 aromatic carbocycles. The van der Waals surface area contributed by atoms with Gasteiger partial charge in [0, 0.05) is 31.6 Å². The summed E-state index contributed by atoms with van der Waals surface area (Å²) in [5, 5.41) is 0. The van der Waals surface area contributed by atoms with Gasteiger partial charge in [0.15, 0.2) is 4.77 Å². The first-order chi connectivity index (χ1) is 7.68. The van der Waals surface area contributed by atoms with Crippen LogP contribution in [0.15, 0.2) is 6.20 Å². The largest absolute Gasteiger partial charge is 0.381 e. The molecule has 0 radical (unpaired) electrons. The zero-order chi connectivity index (χ0) is 11.5. The minimum absolute atomic E-state index is 0.521. The number of imidazole rings is 1. The van der Waals surface area contributed by atoms with Crippen LogP contribution in [0.2, 0.25) is 0 Å². The summed E-state index contributed by atoms with van der Waals surface area (Å²) in [6, 6.07) is 0. The first kappa shape index (κ1) is 11.9. The fourth-order valence-electron chi connectivity index (χ4n) is 2.26. The molecule has 1 aromatic rings. The van der Waals surface area contributed by atoms with Crippen molar-refractivity contribution < 1.29 is 4.74 Å². The van der Waals surface area contributed by atoms with Gasteiger partial charge in [-0.15, -0.1) is 0 Å². The Kier molecular flexibility index (Phi) is 3.82. The average Bonchev–Trinajstić information content (AvgIpc) is 2.62. The van der Waals surface area contributed by atoms with E-state index in [1.54, 1.807) is 0 Å². The van der Waals surface area contributed by atoms with E-state index in [-0.39, 0.29) is 0 Å². The Labute approximate surface area is 102 Å². The number of ether oxygens (including phenoxy) is 1. The first-order valence-corrected chi connectivity index (χ1v) is 6.45. The molecule has 0 aliphatic carbocycles. The number of aromatic nitrogens is 2. The van der Waals surface area contributed by atoms with Crippen LogP contribution < -0.4 is 0 Å². The van der Waals surface area contributed by atoms with Crippen molar-refractivity contribution in [1.82, 2.24) is 9.55 Å². The molecule has 0 spiro atoms. The lowest BCUT2D eigenvalue weighted by atomic mass is 10.00. The van der Waals surface area contributed by atoms with E-state index in [4.69, 9.17) is 17.0 Å². The molecule has 1 N–H and O–H groups in total. The Bertz CT molecular complexity index is 388. The molecule has 16 heavy (non-hydrogen) atoms. The van der Waals surface area contributed by atoms with E-state index < -0.39 is 0 Å². The molecule has 1 aromatic heterocycles. The van der Waals surface area contributed by atoms with Crippen LogP contribution in [0, 0.1) is 10.7 Å². The zero-order valence-corrected chi connectivity index (χ0v) is 10.8. The summed E-state index contributed by atoms with van der Waals surface area (Å²) >= 11 is 5.34. The predicted octanol–water partition coefficient (Wildman–Crippen LogP) is 3.10. The minimum atomic E-state index is 0.521. The van der Waals surface area contributed by atoms with Crippen LogP contribution in [0.3, 0.4) is 0 Å². The maximum atomic E-state index is 5.38. The highest BCUT2D eigenvalue weighted by Crippen LogP contribution is 2.21. The van der Waals surface area contributed by atoms with Crippen molar-refractivity contribution in [2.24, 2.45) is 5.92 Å². The molecule has 1 aliphatic rings. The summed E-state index contributed by atoms with van der Waals surface area (Å²) in [4.78, 5) is 3.15. The predicted molar refractivity (Wildman–Crippen MR) is 67.2 cm³/mol. The van der Waals surface area contributed by atoms with Crippen molar-refractivity contribution in [3.63, 3.8) is 0 Å². The van der Waals surface area contributed by atoms with Gasteiger partial charge in [-0.3, -0.25) is 0 Å². The summed E-state index contributed by atoms with van der Waals surface area (Å²) in [5.74, 6) is 1.24. The van der Waals surface area contributed by atoms with Crippen LogP contribution in [0.5, 0.6) is 0 Å². The van der Waals surface area contributed by atoms with E-state index in [2.05, 4.69) is 23.4 Å². The van der Waals surface area contributed by atoms with Crippen molar-refractivity contribution in [3.05, 3.63) is 16.7 Å². The molecule has 4 heteroatoms. The van der Waals surface area contributed by atoms with Crippen LogP contribution >= 0.6 is 12.2 Å². The van der Waals surface area contributed by atoms with Gasteiger partial charge in [-0.25, -0.2) is 0 Å². The molecule has 0 atom stereocenters. The van der Waals surface area contributed by atoms with E-state index in [9.17, 15) is 0 Å². The molecule has 90 valence electrons. The minimum Gasteiger partial charge on any atom is -0.381 e. The van der Waals surface area contributed by atoms with Crippen LogP contribution in [-0.2, 0) is 11.3 Å². The Morgan fingerprint density at radius 3 is 2.81 bits per heavy atom. The Hall–Kier alpha value is -0.610. The number of hydrogen-bond donors (Lipinski definition) is 1. The lowest BCUT2D eigenvalue weighted by Crippen LogP contribution is -2.21. The fraction of sp³-hybridized carbons (Fsp3) is 0.750. The lowest BCUT2D eigenvalue weighted by molar-refractivity contribution is 0.0608. The molecule has 0 saturated carbocycles. The van der Waals surface area contributed by atoms with Crippen molar-refractivity contribution in [2.45, 2.75) is 39.2 Å². The Morgan fingerprint density at radius 2 is 2.19 bits per heavy atom. The summed E-state index contributed by atoms with van der Waals surface area (Å²) in [6.07, 6.45) is 4.36. The monoisotopic (exact) mass is 240 g/mol. The highest BCUT2D eigenvalue weighted by atomic mass is 32.1. The average molecular weight is 240 g/mol. The highest BCUT2D eigenvalue weighted by Gasteiger charge is 2.17. The molecule has 1 fully saturated rings. The SMILES string of the molecule is CC(C)c1c[nH]c(=S)n1CC1CCOCC1. The van der Waals surface area contributed by atoms with Gasteiger partial charge >= 0.3 is 0 Å². The van der Waals surface area contributed by atoms with Gasteiger partial charge in [0.1, 0.15) is 0 Å². The van der Waals surface area contributed by atoms with Crippen LogP contribution in [0.4, 0.5) is 0 Å². The van der Waals surface area contributed by atoms with Crippen molar-refractivity contribution in [1.29, 1.82) is 0 Å². The summed E-state index contributed by atoms with van der Waals surface area (Å²) in [7, 11) is 0. The van der Waals surface area contributed by atoms with Gasteiger partial charge in [-0.05, 0) is 36.9 Å². The van der Waals surface area contributed by atoms with Gasteiger partial charge in [0.2, 0.25) is 0 Å². The van der Waals surface area contributed by atoms with Crippen molar-refractivity contribution >= 4 is 12.2 Å². The maximum Gasteiger partial charge on any atom is 0.177 e. The number of nitrogens with zero attached hydrogens (tertiary/aromatic N) is 1. The summed E-state index contributed by atoms with van der Waals surface area (Å²) < 4.78 is 8.50. The van der Waals surface area contributed by atoms with Crippen molar-refractivity contribution in [3.8, 4) is 0 Å². The normalized spacial score (nSPS) is 18.2. The van der Waals surface area contributed by atoms with Crippen LogP contribution in [0.1, 0.15) is 38.3 Å². The Morgan fingerprint density at radius 1 is 1.50 bits per heavy atom. The topological polar surface area (TPSA) is 29.9 Å². The molecule has 1 saturated heterocycles. The zero-order valence-electron chi connectivity index (χ0n) is 10.0. The van der Waals surface area contributed by atoms with Gasteiger partial charge in [-0.2, -0.15) is 0 Å². The van der Waals surface area contributed by atoms with Gasteiger partial charge in [-0.1, -0.05) is 13.8 Å². The second-order valence-corrected chi connectivity index (χ2v) is 5.23. The van der Waals surface area contributed by atoms with Gasteiger partial charge in [0.05, 0.1) is 0 Å². The number of hydrogen-bond acceptors (Lipinski definition) is 2. The molecule has 2 heterocycles. The standard InChI is InChI=1S/C12H20N2OS/c1-9(2)11-7-13-12(16)14(11)8-10-3-5-15-6-4-10/h7,9-10H,3-6,8H2,1-2H3,(H,13,16). The molecule has 0 unspecified atom stereocenters. The highest BCUT2D eigenvalue weighted by molar-refractivity contribution is 7.71. The van der Waals surface area contributed by atoms with E-state index in [1.165, 1.54) is 5.69 Å². The first-order valence-electron chi connectivity index (χ1n) is 6.04. The third kappa shape index (κ3) is 2.55. The smallest absolute Gasteiger partial charge is 0.177 e. The second-order valence-electron chi connectivity index (χ2n) is 4.84. The van der Waals surface area contributed by atoms with Crippen LogP contribution in [-0.4, -0.2) is 22.8 Å².